The van der Waals surface area contributed by atoms with E-state index in [1.807, 2.05) is 6.07 Å². The van der Waals surface area contributed by atoms with E-state index in [1.54, 1.807) is 7.11 Å². The number of aliphatic hydroxyl groups is 1. The second-order valence-electron chi connectivity index (χ2n) is 5.09. The zero-order valence-electron chi connectivity index (χ0n) is 12.4. The third-order valence-electron chi connectivity index (χ3n) is 3.62. The first-order valence-corrected chi connectivity index (χ1v) is 7.20. The smallest absolute Gasteiger partial charge is 0.119 e. The number of hydrogen-bond donors (Lipinski definition) is 2. The number of benzene rings is 1. The molecule has 0 saturated carbocycles. The zero-order valence-corrected chi connectivity index (χ0v) is 12.4. The van der Waals surface area contributed by atoms with E-state index < -0.39 is 0 Å². The lowest BCUT2D eigenvalue weighted by atomic mass is 10.0. The Morgan fingerprint density at radius 1 is 1.30 bits per heavy atom. The molecule has 0 saturated heterocycles. The number of ether oxygens (including phenoxy) is 1. The van der Waals surface area contributed by atoms with Crippen LogP contribution in [0.5, 0.6) is 5.75 Å². The fraction of sp³-hybridized carbons (Fsp3) is 0.500. The minimum atomic E-state index is 0.285. The van der Waals surface area contributed by atoms with E-state index in [9.17, 15) is 0 Å². The number of anilines is 1. The molecule has 1 aliphatic rings. The first-order valence-electron chi connectivity index (χ1n) is 7.20. The molecule has 0 atom stereocenters. The van der Waals surface area contributed by atoms with Gasteiger partial charge in [-0.25, -0.2) is 0 Å². The van der Waals surface area contributed by atoms with Crippen molar-refractivity contribution in [3.05, 3.63) is 29.8 Å². The van der Waals surface area contributed by atoms with Gasteiger partial charge in [0.2, 0.25) is 0 Å². The van der Waals surface area contributed by atoms with Crippen LogP contribution in [0.15, 0.2) is 24.3 Å². The first-order chi connectivity index (χ1) is 9.76. The Balaban J connectivity index is 2.04. The van der Waals surface area contributed by atoms with Gasteiger partial charge in [-0.15, -0.1) is 0 Å². The number of aliphatic hydroxyl groups excluding tert-OH is 1. The summed E-state index contributed by atoms with van der Waals surface area (Å²) in [6.45, 7) is 2.14. The fourth-order valence-electron chi connectivity index (χ4n) is 2.43. The van der Waals surface area contributed by atoms with E-state index in [0.29, 0.717) is 0 Å². The highest BCUT2D eigenvalue weighted by molar-refractivity contribution is 5.80. The minimum absolute atomic E-state index is 0.285. The summed E-state index contributed by atoms with van der Waals surface area (Å²) in [5.74, 6) is 0.882. The summed E-state index contributed by atoms with van der Waals surface area (Å²) in [5.41, 5.74) is 3.60. The molecular formula is C16H24N2O2. The molecule has 1 heterocycles. The van der Waals surface area contributed by atoms with Gasteiger partial charge >= 0.3 is 0 Å². The molecule has 2 N–H and O–H groups in total. The Morgan fingerprint density at radius 3 is 2.90 bits per heavy atom. The average molecular weight is 276 g/mol. The highest BCUT2D eigenvalue weighted by Crippen LogP contribution is 2.32. The minimum Gasteiger partial charge on any atom is -0.497 e. The summed E-state index contributed by atoms with van der Waals surface area (Å²) in [7, 11) is 3.79. The van der Waals surface area contributed by atoms with Gasteiger partial charge in [0.25, 0.3) is 0 Å². The van der Waals surface area contributed by atoms with Gasteiger partial charge in [0.05, 0.1) is 7.11 Å². The summed E-state index contributed by atoms with van der Waals surface area (Å²) in [6.07, 6.45) is 5.23. The SMILES string of the molecule is COc1ccc2c(c1)C(NCCCCCO)=CCN2C. The Kier molecular flexibility index (Phi) is 5.30. The van der Waals surface area contributed by atoms with Crippen molar-refractivity contribution in [2.24, 2.45) is 0 Å². The fourth-order valence-corrected chi connectivity index (χ4v) is 2.43. The summed E-state index contributed by atoms with van der Waals surface area (Å²) >= 11 is 0. The monoisotopic (exact) mass is 276 g/mol. The van der Waals surface area contributed by atoms with Gasteiger partial charge in [0.15, 0.2) is 0 Å². The Hall–Kier alpha value is -1.68. The second-order valence-corrected chi connectivity index (χ2v) is 5.09. The van der Waals surface area contributed by atoms with Crippen molar-refractivity contribution >= 4 is 11.4 Å². The zero-order chi connectivity index (χ0) is 14.4. The van der Waals surface area contributed by atoms with E-state index >= 15 is 0 Å². The maximum atomic E-state index is 8.78. The standard InChI is InChI=1S/C16H24N2O2/c1-18-10-8-15(17-9-4-3-5-11-19)14-12-13(20-2)6-7-16(14)18/h6-8,12,17,19H,3-5,9-11H2,1-2H3. The predicted octanol–water partition coefficient (Wildman–Crippen LogP) is 2.24. The highest BCUT2D eigenvalue weighted by Gasteiger charge is 2.16. The van der Waals surface area contributed by atoms with Crippen molar-refractivity contribution < 1.29 is 9.84 Å². The van der Waals surface area contributed by atoms with E-state index in [2.05, 4.69) is 35.5 Å². The summed E-state index contributed by atoms with van der Waals surface area (Å²) in [6, 6.07) is 6.19. The van der Waals surface area contributed by atoms with Crippen molar-refractivity contribution in [1.82, 2.24) is 5.32 Å². The molecule has 2 rings (SSSR count). The van der Waals surface area contributed by atoms with Crippen LogP contribution in [0.3, 0.4) is 0 Å². The molecule has 0 aromatic heterocycles. The predicted molar refractivity (Wildman–Crippen MR) is 83.2 cm³/mol. The van der Waals surface area contributed by atoms with Gasteiger partial charge in [0, 0.05) is 43.7 Å². The maximum Gasteiger partial charge on any atom is 0.119 e. The molecule has 4 heteroatoms. The third kappa shape index (κ3) is 3.45. The van der Waals surface area contributed by atoms with Crippen molar-refractivity contribution in [2.45, 2.75) is 19.3 Å². The van der Waals surface area contributed by atoms with Gasteiger partial charge in [-0.1, -0.05) is 0 Å². The van der Waals surface area contributed by atoms with E-state index in [0.717, 1.165) is 38.1 Å². The molecule has 1 aliphatic heterocycles. The molecule has 0 amide bonds. The molecule has 0 fully saturated rings. The van der Waals surface area contributed by atoms with Crippen molar-refractivity contribution in [3.8, 4) is 5.75 Å². The normalized spacial score (nSPS) is 13.8. The van der Waals surface area contributed by atoms with E-state index in [1.165, 1.54) is 16.9 Å². The molecule has 0 spiro atoms. The first kappa shape index (κ1) is 14.7. The van der Waals surface area contributed by atoms with Crippen molar-refractivity contribution in [3.63, 3.8) is 0 Å². The summed E-state index contributed by atoms with van der Waals surface area (Å²) in [4.78, 5) is 2.23. The topological polar surface area (TPSA) is 44.7 Å². The van der Waals surface area contributed by atoms with E-state index in [4.69, 9.17) is 9.84 Å². The molecule has 4 nitrogen and oxygen atoms in total. The van der Waals surface area contributed by atoms with Crippen LogP contribution in [0.2, 0.25) is 0 Å². The summed E-state index contributed by atoms with van der Waals surface area (Å²) < 4.78 is 5.32. The quantitative estimate of drug-likeness (QED) is 0.750. The van der Waals surface area contributed by atoms with Crippen LogP contribution in [-0.2, 0) is 0 Å². The van der Waals surface area contributed by atoms with E-state index in [-0.39, 0.29) is 6.61 Å². The Bertz CT molecular complexity index is 472. The van der Waals surface area contributed by atoms with Crippen molar-refractivity contribution in [1.29, 1.82) is 0 Å². The number of methoxy groups -OCH3 is 1. The molecule has 110 valence electrons. The number of likely N-dealkylation sites (N-methyl/N-ethyl adjacent to an activating group) is 1. The molecule has 1 aromatic rings. The number of fused-ring (bicyclic) bond motifs is 1. The average Bonchev–Trinajstić information content (AvgIpc) is 2.48. The lowest BCUT2D eigenvalue weighted by molar-refractivity contribution is 0.283. The molecule has 0 unspecified atom stereocenters. The molecular weight excluding hydrogens is 252 g/mol. The Morgan fingerprint density at radius 2 is 2.15 bits per heavy atom. The third-order valence-corrected chi connectivity index (χ3v) is 3.62. The molecule has 0 bridgehead atoms. The van der Waals surface area contributed by atoms with Crippen LogP contribution < -0.4 is 15.0 Å². The van der Waals surface area contributed by atoms with Gasteiger partial charge in [-0.3, -0.25) is 0 Å². The van der Waals surface area contributed by atoms with Gasteiger partial charge in [0.1, 0.15) is 5.75 Å². The molecule has 20 heavy (non-hydrogen) atoms. The van der Waals surface area contributed by atoms with Crippen LogP contribution in [-0.4, -0.2) is 39.0 Å². The van der Waals surface area contributed by atoms with Crippen LogP contribution in [0.1, 0.15) is 24.8 Å². The number of nitrogens with one attached hydrogen (secondary N) is 1. The number of nitrogens with zero attached hydrogens (tertiary/aromatic N) is 1. The van der Waals surface area contributed by atoms with Crippen LogP contribution >= 0.6 is 0 Å². The van der Waals surface area contributed by atoms with Crippen LogP contribution in [0, 0.1) is 0 Å². The van der Waals surface area contributed by atoms with Gasteiger partial charge in [-0.05, 0) is 43.5 Å². The maximum absolute atomic E-state index is 8.78. The number of hydrogen-bond acceptors (Lipinski definition) is 4. The van der Waals surface area contributed by atoms with Gasteiger partial charge in [-0.2, -0.15) is 0 Å². The Labute approximate surface area is 121 Å². The van der Waals surface area contributed by atoms with Gasteiger partial charge < -0.3 is 20.1 Å². The summed E-state index contributed by atoms with van der Waals surface area (Å²) in [5, 5.41) is 12.3. The van der Waals surface area contributed by atoms with Crippen LogP contribution in [0.4, 0.5) is 5.69 Å². The second kappa shape index (κ2) is 7.20. The molecule has 1 aromatic carbocycles. The largest absolute Gasteiger partial charge is 0.497 e. The highest BCUT2D eigenvalue weighted by atomic mass is 16.5. The molecule has 0 aliphatic carbocycles. The lowest BCUT2D eigenvalue weighted by Gasteiger charge is -2.28. The molecule has 0 radical (unpaired) electrons. The lowest BCUT2D eigenvalue weighted by Crippen LogP contribution is -2.26. The number of unbranched alkanes of at least 4 members (excludes halogenated alkanes) is 2. The van der Waals surface area contributed by atoms with Crippen LogP contribution in [0.25, 0.3) is 5.70 Å². The number of rotatable bonds is 7. The van der Waals surface area contributed by atoms with Crippen molar-refractivity contribution in [2.75, 3.05) is 38.8 Å².